The number of piperidine rings is 2. The maximum atomic E-state index is 12.5. The van der Waals surface area contributed by atoms with Gasteiger partial charge in [0.25, 0.3) is 5.91 Å². The molecule has 3 rings (SSSR count). The minimum atomic E-state index is -0.0463. The van der Waals surface area contributed by atoms with E-state index in [0.717, 1.165) is 38.8 Å². The zero-order valence-electron chi connectivity index (χ0n) is 14.2. The van der Waals surface area contributed by atoms with Gasteiger partial charge in [0.2, 0.25) is 5.91 Å². The number of Topliss-reactive ketones (excluding diaryl/α,β-unsaturated/α-hetero) is 1. The number of nitrogens with zero attached hydrogens (tertiary/aromatic N) is 2. The number of rotatable bonds is 4. The first kappa shape index (κ1) is 16.7. The molecule has 3 heterocycles. The highest BCUT2D eigenvalue weighted by atomic mass is 16.2. The van der Waals surface area contributed by atoms with Crippen LogP contribution in [0.4, 0.5) is 0 Å². The van der Waals surface area contributed by atoms with Crippen LogP contribution in [-0.4, -0.2) is 58.6 Å². The molecule has 130 valence electrons. The van der Waals surface area contributed by atoms with Gasteiger partial charge >= 0.3 is 0 Å². The SMILES string of the molecule is CC(=O)c1c[nH]c(C(=O)N2CCC(CN3CCCCC3=O)CC2)c1. The normalized spacial score (nSPS) is 19.6. The first-order valence-electron chi connectivity index (χ1n) is 8.81. The van der Waals surface area contributed by atoms with Crippen LogP contribution >= 0.6 is 0 Å². The topological polar surface area (TPSA) is 73.5 Å². The molecule has 2 aliphatic heterocycles. The van der Waals surface area contributed by atoms with Gasteiger partial charge in [0.1, 0.15) is 5.69 Å². The lowest BCUT2D eigenvalue weighted by Gasteiger charge is -2.36. The third-order valence-electron chi connectivity index (χ3n) is 5.12. The Hall–Kier alpha value is -2.11. The molecule has 24 heavy (non-hydrogen) atoms. The molecule has 0 atom stereocenters. The van der Waals surface area contributed by atoms with Crippen LogP contribution in [-0.2, 0) is 4.79 Å². The molecule has 0 bridgehead atoms. The number of carbonyl (C=O) groups excluding carboxylic acids is 3. The molecule has 0 saturated carbocycles. The van der Waals surface area contributed by atoms with Crippen molar-refractivity contribution in [2.45, 2.75) is 39.0 Å². The lowest BCUT2D eigenvalue weighted by molar-refractivity contribution is -0.134. The molecule has 0 aliphatic carbocycles. The van der Waals surface area contributed by atoms with E-state index in [9.17, 15) is 14.4 Å². The van der Waals surface area contributed by atoms with E-state index in [4.69, 9.17) is 0 Å². The van der Waals surface area contributed by atoms with Crippen LogP contribution in [0.3, 0.4) is 0 Å². The van der Waals surface area contributed by atoms with Crippen molar-refractivity contribution in [3.05, 3.63) is 23.5 Å². The molecule has 1 aromatic rings. The predicted molar refractivity (Wildman–Crippen MR) is 89.9 cm³/mol. The van der Waals surface area contributed by atoms with Crippen molar-refractivity contribution in [2.24, 2.45) is 5.92 Å². The van der Waals surface area contributed by atoms with Crippen LogP contribution in [0, 0.1) is 5.92 Å². The van der Waals surface area contributed by atoms with Gasteiger partial charge in [-0.2, -0.15) is 0 Å². The number of H-pyrrole nitrogens is 1. The molecule has 0 aromatic carbocycles. The maximum absolute atomic E-state index is 12.5. The Labute approximate surface area is 142 Å². The summed E-state index contributed by atoms with van der Waals surface area (Å²) >= 11 is 0. The molecule has 1 aromatic heterocycles. The molecule has 0 unspecified atom stereocenters. The van der Waals surface area contributed by atoms with Crippen LogP contribution < -0.4 is 0 Å². The van der Waals surface area contributed by atoms with Crippen LogP contribution in [0.15, 0.2) is 12.3 Å². The molecule has 2 amide bonds. The van der Waals surface area contributed by atoms with Gasteiger partial charge in [0, 0.05) is 44.4 Å². The van der Waals surface area contributed by atoms with Crippen molar-refractivity contribution < 1.29 is 14.4 Å². The van der Waals surface area contributed by atoms with Gasteiger partial charge in [-0.15, -0.1) is 0 Å². The lowest BCUT2D eigenvalue weighted by Crippen LogP contribution is -2.44. The number of aromatic nitrogens is 1. The van der Waals surface area contributed by atoms with Gasteiger partial charge in [-0.25, -0.2) is 0 Å². The van der Waals surface area contributed by atoms with Crippen LogP contribution in [0.5, 0.6) is 0 Å². The fraction of sp³-hybridized carbons (Fsp3) is 0.611. The largest absolute Gasteiger partial charge is 0.356 e. The summed E-state index contributed by atoms with van der Waals surface area (Å²) in [5.41, 5.74) is 1.02. The van der Waals surface area contributed by atoms with Crippen molar-refractivity contribution in [1.29, 1.82) is 0 Å². The number of amides is 2. The first-order chi connectivity index (χ1) is 11.5. The first-order valence-corrected chi connectivity index (χ1v) is 8.81. The average Bonchev–Trinajstić information content (AvgIpc) is 3.07. The smallest absolute Gasteiger partial charge is 0.270 e. The summed E-state index contributed by atoms with van der Waals surface area (Å²) in [6.07, 6.45) is 6.24. The van der Waals surface area contributed by atoms with Gasteiger partial charge in [0.05, 0.1) is 0 Å². The second-order valence-corrected chi connectivity index (χ2v) is 6.89. The Bertz CT molecular complexity index is 629. The van der Waals surface area contributed by atoms with E-state index in [-0.39, 0.29) is 17.6 Å². The molecule has 0 spiro atoms. The zero-order valence-corrected chi connectivity index (χ0v) is 14.2. The molecule has 2 fully saturated rings. The molecule has 2 aliphatic rings. The number of likely N-dealkylation sites (tertiary alicyclic amines) is 2. The summed E-state index contributed by atoms with van der Waals surface area (Å²) in [5, 5.41) is 0. The van der Waals surface area contributed by atoms with Crippen LogP contribution in [0.1, 0.15) is 59.9 Å². The van der Waals surface area contributed by atoms with E-state index in [1.807, 2.05) is 9.80 Å². The lowest BCUT2D eigenvalue weighted by atomic mass is 9.95. The maximum Gasteiger partial charge on any atom is 0.270 e. The molecular formula is C18H25N3O3. The number of hydrogen-bond acceptors (Lipinski definition) is 3. The predicted octanol–water partition coefficient (Wildman–Crippen LogP) is 2.08. The van der Waals surface area contributed by atoms with E-state index in [2.05, 4.69) is 4.98 Å². The Balaban J connectivity index is 1.51. The van der Waals surface area contributed by atoms with Crippen molar-refractivity contribution in [3.8, 4) is 0 Å². The van der Waals surface area contributed by atoms with E-state index in [1.54, 1.807) is 12.3 Å². The van der Waals surface area contributed by atoms with Crippen molar-refractivity contribution in [2.75, 3.05) is 26.2 Å². The van der Waals surface area contributed by atoms with Gasteiger partial charge in [-0.05, 0) is 44.6 Å². The van der Waals surface area contributed by atoms with E-state index < -0.39 is 0 Å². The summed E-state index contributed by atoms with van der Waals surface area (Å²) in [6, 6.07) is 1.63. The molecule has 1 N–H and O–H groups in total. The summed E-state index contributed by atoms with van der Waals surface area (Å²) in [5.74, 6) is 0.667. The summed E-state index contributed by atoms with van der Waals surface area (Å²) in [6.45, 7) is 4.62. The van der Waals surface area contributed by atoms with Gasteiger partial charge in [-0.3, -0.25) is 14.4 Å². The summed E-state index contributed by atoms with van der Waals surface area (Å²) in [4.78, 5) is 42.5. The van der Waals surface area contributed by atoms with Crippen molar-refractivity contribution in [1.82, 2.24) is 14.8 Å². The summed E-state index contributed by atoms with van der Waals surface area (Å²) in [7, 11) is 0. The fourth-order valence-electron chi connectivity index (χ4n) is 3.58. The summed E-state index contributed by atoms with van der Waals surface area (Å²) < 4.78 is 0. The van der Waals surface area contributed by atoms with E-state index >= 15 is 0 Å². The zero-order chi connectivity index (χ0) is 17.1. The number of nitrogens with one attached hydrogen (secondary N) is 1. The minimum absolute atomic E-state index is 0.0461. The van der Waals surface area contributed by atoms with Crippen molar-refractivity contribution in [3.63, 3.8) is 0 Å². The Kier molecular flexibility index (Phi) is 5.02. The number of hydrogen-bond donors (Lipinski definition) is 1. The van der Waals surface area contributed by atoms with E-state index in [0.29, 0.717) is 36.7 Å². The number of carbonyl (C=O) groups is 3. The quantitative estimate of drug-likeness (QED) is 0.859. The van der Waals surface area contributed by atoms with Crippen LogP contribution in [0.2, 0.25) is 0 Å². The molecular weight excluding hydrogens is 306 g/mol. The van der Waals surface area contributed by atoms with Crippen molar-refractivity contribution >= 4 is 17.6 Å². The van der Waals surface area contributed by atoms with E-state index in [1.165, 1.54) is 6.92 Å². The second-order valence-electron chi connectivity index (χ2n) is 6.89. The Morgan fingerprint density at radius 2 is 1.96 bits per heavy atom. The molecule has 6 heteroatoms. The Morgan fingerprint density at radius 1 is 1.21 bits per heavy atom. The second kappa shape index (κ2) is 7.20. The highest BCUT2D eigenvalue weighted by molar-refractivity contribution is 5.99. The highest BCUT2D eigenvalue weighted by Crippen LogP contribution is 2.22. The van der Waals surface area contributed by atoms with Crippen LogP contribution in [0.25, 0.3) is 0 Å². The fourth-order valence-corrected chi connectivity index (χ4v) is 3.58. The standard InChI is InChI=1S/C18H25N3O3/c1-13(22)15-10-16(19-11-15)18(24)20-8-5-14(6-9-20)12-21-7-3-2-4-17(21)23/h10-11,14,19H,2-9,12H2,1H3. The van der Waals surface area contributed by atoms with Gasteiger partial charge in [-0.1, -0.05) is 0 Å². The number of aromatic amines is 1. The van der Waals surface area contributed by atoms with Gasteiger partial charge < -0.3 is 14.8 Å². The third-order valence-corrected chi connectivity index (χ3v) is 5.12. The monoisotopic (exact) mass is 331 g/mol. The molecule has 0 radical (unpaired) electrons. The Morgan fingerprint density at radius 3 is 2.58 bits per heavy atom. The minimum Gasteiger partial charge on any atom is -0.356 e. The van der Waals surface area contributed by atoms with Gasteiger partial charge in [0.15, 0.2) is 5.78 Å². The third kappa shape index (κ3) is 3.68. The average molecular weight is 331 g/mol. The molecule has 6 nitrogen and oxygen atoms in total. The molecule has 2 saturated heterocycles. The highest BCUT2D eigenvalue weighted by Gasteiger charge is 2.27. The number of ketones is 1.